The molecule has 2 aliphatic rings. The van der Waals surface area contributed by atoms with E-state index in [1.807, 2.05) is 27.7 Å². The highest BCUT2D eigenvalue weighted by molar-refractivity contribution is 5.92. The number of aromatic carboxylic acids is 1. The Morgan fingerprint density at radius 2 is 1.77 bits per heavy atom. The minimum Gasteiger partial charge on any atom is -0.493 e. The van der Waals surface area contributed by atoms with Crippen LogP contribution in [-0.4, -0.2) is 41.7 Å². The number of carbonyl (C=O) groups is 2. The van der Waals surface area contributed by atoms with Gasteiger partial charge >= 0.3 is 12.1 Å². The van der Waals surface area contributed by atoms with E-state index < -0.39 is 23.5 Å². The molecule has 0 bridgehead atoms. The Morgan fingerprint density at radius 1 is 1.17 bits per heavy atom. The fourth-order valence-corrected chi connectivity index (χ4v) is 4.13. The molecular formula is C22H31NO7. The van der Waals surface area contributed by atoms with Gasteiger partial charge in [-0.3, -0.25) is 0 Å². The van der Waals surface area contributed by atoms with Crippen molar-refractivity contribution in [3.8, 4) is 17.2 Å². The molecule has 8 heteroatoms. The van der Waals surface area contributed by atoms with E-state index in [4.69, 9.17) is 18.9 Å². The second kappa shape index (κ2) is 7.89. The van der Waals surface area contributed by atoms with Crippen molar-refractivity contribution in [2.75, 3.05) is 7.11 Å². The van der Waals surface area contributed by atoms with Crippen LogP contribution in [-0.2, 0) is 4.74 Å². The van der Waals surface area contributed by atoms with Crippen LogP contribution in [0.5, 0.6) is 17.2 Å². The number of ether oxygens (including phenoxy) is 4. The van der Waals surface area contributed by atoms with Crippen molar-refractivity contribution in [2.24, 2.45) is 5.92 Å². The van der Waals surface area contributed by atoms with Gasteiger partial charge in [0.2, 0.25) is 5.75 Å². The lowest BCUT2D eigenvalue weighted by molar-refractivity contribution is -0.121. The Bertz CT molecular complexity index is 837. The van der Waals surface area contributed by atoms with Crippen LogP contribution in [0.3, 0.4) is 0 Å². The smallest absolute Gasteiger partial charge is 0.407 e. The first-order valence-electron chi connectivity index (χ1n) is 10.3. The number of methoxy groups -OCH3 is 1. The third-order valence-electron chi connectivity index (χ3n) is 5.70. The van der Waals surface area contributed by atoms with Crippen LogP contribution in [0.1, 0.15) is 69.3 Å². The highest BCUT2D eigenvalue weighted by Gasteiger charge is 2.48. The number of hydrogen-bond donors (Lipinski definition) is 2. The molecule has 1 aliphatic heterocycles. The molecule has 0 spiro atoms. The molecule has 30 heavy (non-hydrogen) atoms. The van der Waals surface area contributed by atoms with Crippen LogP contribution < -0.4 is 19.5 Å². The van der Waals surface area contributed by atoms with E-state index in [1.54, 1.807) is 6.92 Å². The van der Waals surface area contributed by atoms with Gasteiger partial charge in [0.25, 0.3) is 5.79 Å². The van der Waals surface area contributed by atoms with Gasteiger partial charge in [0.15, 0.2) is 11.5 Å². The molecule has 1 saturated carbocycles. The Balaban J connectivity index is 1.69. The molecule has 1 aromatic carbocycles. The molecule has 0 aromatic heterocycles. The van der Waals surface area contributed by atoms with Crippen LogP contribution in [0.25, 0.3) is 0 Å². The lowest BCUT2D eigenvalue weighted by Crippen LogP contribution is -2.48. The summed E-state index contributed by atoms with van der Waals surface area (Å²) >= 11 is 0. The number of amides is 1. The molecule has 1 aromatic rings. The predicted molar refractivity (Wildman–Crippen MR) is 109 cm³/mol. The standard InChI is InChI=1S/C22H31NO7/c1-12-15(19(24)25)11-16(27-6)18-17(12)28-22(5,29-18)13-7-9-14(10-8-13)23-20(26)30-21(2,3)4/h11,13-14H,7-10H2,1-6H3,(H,23,26)(H,24,25)/t13-,14-,22?. The van der Waals surface area contributed by atoms with E-state index in [-0.39, 0.29) is 17.5 Å². The monoisotopic (exact) mass is 421 g/mol. The van der Waals surface area contributed by atoms with Crippen LogP contribution in [0.2, 0.25) is 0 Å². The van der Waals surface area contributed by atoms with Gasteiger partial charge in [0.1, 0.15) is 5.60 Å². The van der Waals surface area contributed by atoms with Gasteiger partial charge in [0.05, 0.1) is 12.7 Å². The van der Waals surface area contributed by atoms with Gasteiger partial charge in [0, 0.05) is 24.4 Å². The summed E-state index contributed by atoms with van der Waals surface area (Å²) < 4.78 is 23.1. The zero-order valence-electron chi connectivity index (χ0n) is 18.5. The molecule has 1 unspecified atom stereocenters. The average Bonchev–Trinajstić information content (AvgIpc) is 3.00. The maximum atomic E-state index is 12.0. The fourth-order valence-electron chi connectivity index (χ4n) is 4.13. The predicted octanol–water partition coefficient (Wildman–Crippen LogP) is 4.27. The molecule has 166 valence electrons. The Morgan fingerprint density at radius 3 is 2.30 bits per heavy atom. The first-order chi connectivity index (χ1) is 13.9. The third-order valence-corrected chi connectivity index (χ3v) is 5.70. The number of carboxylic acids is 1. The third kappa shape index (κ3) is 4.42. The number of hydrogen-bond acceptors (Lipinski definition) is 6. The second-order valence-electron chi connectivity index (χ2n) is 9.13. The topological polar surface area (TPSA) is 103 Å². The van der Waals surface area contributed by atoms with Crippen molar-refractivity contribution < 1.29 is 33.6 Å². The summed E-state index contributed by atoms with van der Waals surface area (Å²) in [5, 5.41) is 12.4. The maximum Gasteiger partial charge on any atom is 0.407 e. The van der Waals surface area contributed by atoms with Crippen molar-refractivity contribution in [3.63, 3.8) is 0 Å². The molecule has 3 rings (SSSR count). The Kier molecular flexibility index (Phi) is 5.80. The van der Waals surface area contributed by atoms with Gasteiger partial charge in [-0.05, 0) is 59.4 Å². The van der Waals surface area contributed by atoms with Gasteiger partial charge in [-0.1, -0.05) is 0 Å². The lowest BCUT2D eigenvalue weighted by Gasteiger charge is -2.37. The first-order valence-corrected chi connectivity index (χ1v) is 10.3. The number of carbonyl (C=O) groups excluding carboxylic acids is 1. The number of rotatable bonds is 4. The van der Waals surface area contributed by atoms with E-state index in [0.29, 0.717) is 22.8 Å². The van der Waals surface area contributed by atoms with Crippen LogP contribution in [0.15, 0.2) is 6.07 Å². The van der Waals surface area contributed by atoms with E-state index >= 15 is 0 Å². The van der Waals surface area contributed by atoms with Crippen LogP contribution in [0.4, 0.5) is 4.79 Å². The SMILES string of the molecule is COc1cc(C(=O)O)c(C)c2c1OC(C)([C@H]1CC[C@H](NC(=O)OC(C)(C)C)CC1)O2. The summed E-state index contributed by atoms with van der Waals surface area (Å²) in [7, 11) is 1.48. The minimum absolute atomic E-state index is 0.0402. The van der Waals surface area contributed by atoms with E-state index in [9.17, 15) is 14.7 Å². The first kappa shape index (κ1) is 22.1. The number of benzene rings is 1. The number of carboxylic acid groups (broad SMARTS) is 1. The molecule has 2 N–H and O–H groups in total. The Labute approximate surface area is 176 Å². The number of alkyl carbamates (subject to hydrolysis) is 1. The van der Waals surface area contributed by atoms with Crippen LogP contribution >= 0.6 is 0 Å². The lowest BCUT2D eigenvalue weighted by atomic mass is 9.81. The average molecular weight is 421 g/mol. The molecule has 8 nitrogen and oxygen atoms in total. The van der Waals surface area contributed by atoms with Crippen molar-refractivity contribution >= 4 is 12.1 Å². The summed E-state index contributed by atoms with van der Waals surface area (Å²) in [6.45, 7) is 9.09. The summed E-state index contributed by atoms with van der Waals surface area (Å²) in [6.07, 6.45) is 2.73. The summed E-state index contributed by atoms with van der Waals surface area (Å²) in [6, 6.07) is 1.51. The van der Waals surface area contributed by atoms with Crippen molar-refractivity contribution in [1.29, 1.82) is 0 Å². The molecule has 1 atom stereocenters. The van der Waals surface area contributed by atoms with Crippen molar-refractivity contribution in [2.45, 2.75) is 77.7 Å². The summed E-state index contributed by atoms with van der Waals surface area (Å²) in [5.74, 6) is -0.677. The minimum atomic E-state index is -1.04. The van der Waals surface area contributed by atoms with E-state index in [0.717, 1.165) is 25.7 Å². The molecule has 1 amide bonds. The summed E-state index contributed by atoms with van der Waals surface area (Å²) in [5.41, 5.74) is 0.114. The van der Waals surface area contributed by atoms with E-state index in [2.05, 4.69) is 5.32 Å². The molecule has 0 radical (unpaired) electrons. The highest BCUT2D eigenvalue weighted by atomic mass is 16.7. The fraction of sp³-hybridized carbons (Fsp3) is 0.636. The second-order valence-corrected chi connectivity index (χ2v) is 9.13. The van der Waals surface area contributed by atoms with Crippen LogP contribution in [0, 0.1) is 12.8 Å². The summed E-state index contributed by atoms with van der Waals surface area (Å²) in [4.78, 5) is 23.6. The normalized spacial score (nSPS) is 25.5. The molecular weight excluding hydrogens is 390 g/mol. The van der Waals surface area contributed by atoms with Crippen molar-refractivity contribution in [3.05, 3.63) is 17.2 Å². The zero-order chi connectivity index (χ0) is 22.3. The number of nitrogens with one attached hydrogen (secondary N) is 1. The molecule has 1 heterocycles. The molecule has 1 aliphatic carbocycles. The van der Waals surface area contributed by atoms with Gasteiger partial charge in [-0.15, -0.1) is 0 Å². The van der Waals surface area contributed by atoms with E-state index in [1.165, 1.54) is 13.2 Å². The maximum absolute atomic E-state index is 12.0. The quantitative estimate of drug-likeness (QED) is 0.748. The largest absolute Gasteiger partial charge is 0.493 e. The highest BCUT2D eigenvalue weighted by Crippen LogP contribution is 2.52. The molecule has 1 fully saturated rings. The van der Waals surface area contributed by atoms with Crippen molar-refractivity contribution in [1.82, 2.24) is 5.32 Å². The zero-order valence-corrected chi connectivity index (χ0v) is 18.5. The van der Waals surface area contributed by atoms with Gasteiger partial charge in [-0.2, -0.15) is 0 Å². The van der Waals surface area contributed by atoms with Gasteiger partial charge in [-0.25, -0.2) is 9.59 Å². The Hall–Kier alpha value is -2.64. The molecule has 0 saturated heterocycles. The van der Waals surface area contributed by atoms with Gasteiger partial charge < -0.3 is 29.4 Å². The number of fused-ring (bicyclic) bond motifs is 1.